The van der Waals surface area contributed by atoms with Crippen LogP contribution in [0.25, 0.3) is 0 Å². The van der Waals surface area contributed by atoms with Crippen LogP contribution in [-0.2, 0) is 6.42 Å². The van der Waals surface area contributed by atoms with E-state index in [0.29, 0.717) is 0 Å². The highest BCUT2D eigenvalue weighted by atomic mass is 32.1. The van der Waals surface area contributed by atoms with Crippen LogP contribution in [0, 0.1) is 11.8 Å². The van der Waals surface area contributed by atoms with Crippen molar-refractivity contribution >= 4 is 12.6 Å². The Morgan fingerprint density at radius 3 is 1.86 bits per heavy atom. The van der Waals surface area contributed by atoms with Crippen molar-refractivity contribution in [2.75, 3.05) is 0 Å². The third-order valence-electron chi connectivity index (χ3n) is 3.74. The van der Waals surface area contributed by atoms with Gasteiger partial charge < -0.3 is 0 Å². The lowest BCUT2D eigenvalue weighted by atomic mass is 10.0. The zero-order valence-corrected chi connectivity index (χ0v) is 14.2. The second-order valence-corrected chi connectivity index (χ2v) is 6.17. The molecule has 0 fully saturated rings. The summed E-state index contributed by atoms with van der Waals surface area (Å²) in [5.41, 5.74) is 3.52. The van der Waals surface area contributed by atoms with Crippen molar-refractivity contribution in [1.29, 1.82) is 0 Å². The molecule has 0 radical (unpaired) electrons. The molecule has 0 saturated heterocycles. The lowest BCUT2D eigenvalue weighted by molar-refractivity contribution is 0.632. The van der Waals surface area contributed by atoms with E-state index >= 15 is 0 Å². The average molecular weight is 308 g/mol. The molecule has 0 aliphatic carbocycles. The van der Waals surface area contributed by atoms with Crippen molar-refractivity contribution in [3.05, 3.63) is 65.2 Å². The molecule has 22 heavy (non-hydrogen) atoms. The molecule has 1 heteroatoms. The SMILES string of the molecule is CCCCCCCc1ccc(C#Cc2ccc(S)cc2)cc1. The Hall–Kier alpha value is -1.65. The van der Waals surface area contributed by atoms with Gasteiger partial charge in [-0.3, -0.25) is 0 Å². The first-order valence-corrected chi connectivity index (χ1v) is 8.62. The highest BCUT2D eigenvalue weighted by Gasteiger charge is 1.94. The molecule has 0 heterocycles. The summed E-state index contributed by atoms with van der Waals surface area (Å²) in [7, 11) is 0. The fourth-order valence-corrected chi connectivity index (χ4v) is 2.53. The third kappa shape index (κ3) is 6.00. The number of benzene rings is 2. The van der Waals surface area contributed by atoms with Crippen molar-refractivity contribution in [2.24, 2.45) is 0 Å². The summed E-state index contributed by atoms with van der Waals surface area (Å²) in [6.45, 7) is 2.26. The van der Waals surface area contributed by atoms with Crippen molar-refractivity contribution in [2.45, 2.75) is 50.3 Å². The van der Waals surface area contributed by atoms with Crippen LogP contribution < -0.4 is 0 Å². The number of hydrogen-bond acceptors (Lipinski definition) is 1. The molecule has 0 bridgehead atoms. The van der Waals surface area contributed by atoms with Gasteiger partial charge in [-0.2, -0.15) is 0 Å². The molecule has 0 atom stereocenters. The number of hydrogen-bond donors (Lipinski definition) is 1. The first-order valence-electron chi connectivity index (χ1n) is 8.18. The largest absolute Gasteiger partial charge is 0.143 e. The maximum Gasteiger partial charge on any atom is 0.0249 e. The van der Waals surface area contributed by atoms with Crippen LogP contribution in [0.15, 0.2) is 53.4 Å². The second kappa shape index (κ2) is 9.38. The standard InChI is InChI=1S/C21H24S/c1-2-3-4-5-6-7-18-8-10-19(11-9-18)12-13-20-14-16-21(22)17-15-20/h8-11,14-17,22H,2-7H2,1H3. The van der Waals surface area contributed by atoms with E-state index in [9.17, 15) is 0 Å². The van der Waals surface area contributed by atoms with Gasteiger partial charge in [0.15, 0.2) is 0 Å². The van der Waals surface area contributed by atoms with Crippen molar-refractivity contribution in [3.63, 3.8) is 0 Å². The smallest absolute Gasteiger partial charge is 0.0249 e. The monoisotopic (exact) mass is 308 g/mol. The quantitative estimate of drug-likeness (QED) is 0.384. The topological polar surface area (TPSA) is 0 Å². The summed E-state index contributed by atoms with van der Waals surface area (Å²) in [6.07, 6.45) is 7.86. The predicted molar refractivity (Wildman–Crippen MR) is 98.6 cm³/mol. The molecular weight excluding hydrogens is 284 g/mol. The highest BCUT2D eigenvalue weighted by Crippen LogP contribution is 2.11. The second-order valence-electron chi connectivity index (χ2n) is 5.66. The van der Waals surface area contributed by atoms with Gasteiger partial charge in [-0.1, -0.05) is 56.6 Å². The van der Waals surface area contributed by atoms with Gasteiger partial charge in [-0.05, 0) is 54.8 Å². The van der Waals surface area contributed by atoms with E-state index in [0.717, 1.165) is 16.0 Å². The minimum absolute atomic E-state index is 0.967. The lowest BCUT2D eigenvalue weighted by Gasteiger charge is -2.01. The normalized spacial score (nSPS) is 10.1. The van der Waals surface area contributed by atoms with Gasteiger partial charge in [0.2, 0.25) is 0 Å². The lowest BCUT2D eigenvalue weighted by Crippen LogP contribution is -1.86. The summed E-state index contributed by atoms with van der Waals surface area (Å²) in [5.74, 6) is 6.41. The Labute approximate surface area is 140 Å². The summed E-state index contributed by atoms with van der Waals surface area (Å²) in [4.78, 5) is 0.967. The first kappa shape index (κ1) is 16.7. The van der Waals surface area contributed by atoms with Crippen LogP contribution in [0.1, 0.15) is 55.7 Å². The summed E-state index contributed by atoms with van der Waals surface area (Å²) < 4.78 is 0. The zero-order chi connectivity index (χ0) is 15.6. The molecule has 0 aliphatic heterocycles. The minimum atomic E-state index is 0.967. The number of rotatable bonds is 6. The van der Waals surface area contributed by atoms with Crippen LogP contribution in [-0.4, -0.2) is 0 Å². The maximum atomic E-state index is 4.28. The molecule has 2 aromatic carbocycles. The van der Waals surface area contributed by atoms with Gasteiger partial charge in [0.25, 0.3) is 0 Å². The molecular formula is C21H24S. The fraction of sp³-hybridized carbons (Fsp3) is 0.333. The third-order valence-corrected chi connectivity index (χ3v) is 4.04. The highest BCUT2D eigenvalue weighted by molar-refractivity contribution is 7.80. The number of thiol groups is 1. The van der Waals surface area contributed by atoms with Crippen molar-refractivity contribution in [1.82, 2.24) is 0 Å². The van der Waals surface area contributed by atoms with Gasteiger partial charge in [-0.25, -0.2) is 0 Å². The molecule has 2 aromatic rings. The molecule has 0 aliphatic rings. The van der Waals surface area contributed by atoms with E-state index in [1.54, 1.807) is 0 Å². The Balaban J connectivity index is 1.85. The summed E-state index contributed by atoms with van der Waals surface area (Å²) >= 11 is 4.28. The van der Waals surface area contributed by atoms with Crippen LogP contribution in [0.3, 0.4) is 0 Å². The van der Waals surface area contributed by atoms with Gasteiger partial charge in [0, 0.05) is 16.0 Å². The molecule has 0 nitrogen and oxygen atoms in total. The van der Waals surface area contributed by atoms with Gasteiger partial charge in [0.05, 0.1) is 0 Å². The van der Waals surface area contributed by atoms with E-state index in [2.05, 4.69) is 55.7 Å². The predicted octanol–water partition coefficient (Wildman–Crippen LogP) is 5.89. The zero-order valence-electron chi connectivity index (χ0n) is 13.3. The van der Waals surface area contributed by atoms with E-state index in [1.165, 1.54) is 44.1 Å². The molecule has 0 amide bonds. The number of unbranched alkanes of at least 4 members (excludes halogenated alkanes) is 4. The van der Waals surface area contributed by atoms with E-state index in [-0.39, 0.29) is 0 Å². The Morgan fingerprint density at radius 2 is 1.27 bits per heavy atom. The van der Waals surface area contributed by atoms with E-state index in [4.69, 9.17) is 0 Å². The summed E-state index contributed by atoms with van der Waals surface area (Å²) in [5, 5.41) is 0. The molecule has 0 saturated carbocycles. The van der Waals surface area contributed by atoms with Gasteiger partial charge >= 0.3 is 0 Å². The summed E-state index contributed by atoms with van der Waals surface area (Å²) in [6, 6.07) is 16.6. The molecule has 0 spiro atoms. The Morgan fingerprint density at radius 1 is 0.727 bits per heavy atom. The average Bonchev–Trinajstić information content (AvgIpc) is 2.55. The molecule has 114 valence electrons. The van der Waals surface area contributed by atoms with Crippen LogP contribution >= 0.6 is 12.6 Å². The fourth-order valence-electron chi connectivity index (χ4n) is 2.38. The van der Waals surface area contributed by atoms with E-state index < -0.39 is 0 Å². The van der Waals surface area contributed by atoms with Crippen LogP contribution in [0.4, 0.5) is 0 Å². The number of aryl methyl sites for hydroxylation is 1. The molecule has 2 rings (SSSR count). The van der Waals surface area contributed by atoms with E-state index in [1.807, 2.05) is 24.3 Å². The molecule has 0 N–H and O–H groups in total. The molecule has 0 unspecified atom stereocenters. The maximum absolute atomic E-state index is 4.28. The Bertz CT molecular complexity index is 612. The van der Waals surface area contributed by atoms with Gasteiger partial charge in [-0.15, -0.1) is 12.6 Å². The van der Waals surface area contributed by atoms with Crippen LogP contribution in [0.5, 0.6) is 0 Å². The Kier molecular flexibility index (Phi) is 7.13. The minimum Gasteiger partial charge on any atom is -0.143 e. The van der Waals surface area contributed by atoms with Crippen molar-refractivity contribution in [3.8, 4) is 11.8 Å². The van der Waals surface area contributed by atoms with Crippen molar-refractivity contribution < 1.29 is 0 Å². The van der Waals surface area contributed by atoms with Crippen LogP contribution in [0.2, 0.25) is 0 Å². The molecule has 0 aromatic heterocycles. The first-order chi connectivity index (χ1) is 10.8. The van der Waals surface area contributed by atoms with Gasteiger partial charge in [0.1, 0.15) is 0 Å².